The Balaban J connectivity index is 2.01. The number of hydrogen-bond donors (Lipinski definition) is 1. The molecule has 0 spiro atoms. The number of ether oxygens (including phenoxy) is 1. The van der Waals surface area contributed by atoms with E-state index in [1.807, 2.05) is 0 Å². The molecule has 9 heteroatoms. The SMILES string of the molecule is COc1cccc(N2C(=O)CN(S(C)(=O)=O)CC2(C)C(=O)NC2CCCC2)c1. The summed E-state index contributed by atoms with van der Waals surface area (Å²) in [6.45, 7) is 1.21. The van der Waals surface area contributed by atoms with Gasteiger partial charge in [0, 0.05) is 24.3 Å². The van der Waals surface area contributed by atoms with Gasteiger partial charge in [-0.05, 0) is 31.9 Å². The van der Waals surface area contributed by atoms with Crippen molar-refractivity contribution in [3.05, 3.63) is 24.3 Å². The first kappa shape index (κ1) is 20.6. The molecular weight excluding hydrogens is 382 g/mol. The van der Waals surface area contributed by atoms with Crippen molar-refractivity contribution in [2.45, 2.75) is 44.2 Å². The quantitative estimate of drug-likeness (QED) is 0.786. The minimum Gasteiger partial charge on any atom is -0.497 e. The predicted molar refractivity (Wildman–Crippen MR) is 106 cm³/mol. The smallest absolute Gasteiger partial charge is 0.247 e. The number of sulfonamides is 1. The van der Waals surface area contributed by atoms with Gasteiger partial charge < -0.3 is 10.1 Å². The number of nitrogens with one attached hydrogen (secondary N) is 1. The lowest BCUT2D eigenvalue weighted by Gasteiger charge is -2.46. The molecule has 1 aromatic carbocycles. The van der Waals surface area contributed by atoms with E-state index in [0.717, 1.165) is 36.2 Å². The van der Waals surface area contributed by atoms with Crippen LogP contribution in [0, 0.1) is 0 Å². The Morgan fingerprint density at radius 2 is 1.96 bits per heavy atom. The Morgan fingerprint density at radius 1 is 1.29 bits per heavy atom. The van der Waals surface area contributed by atoms with E-state index in [1.165, 1.54) is 12.0 Å². The first-order chi connectivity index (χ1) is 13.1. The lowest BCUT2D eigenvalue weighted by Crippen LogP contribution is -2.70. The molecule has 2 aliphatic rings. The molecule has 0 radical (unpaired) electrons. The number of methoxy groups -OCH3 is 1. The van der Waals surface area contributed by atoms with Crippen LogP contribution in [0.1, 0.15) is 32.6 Å². The number of hydrogen-bond acceptors (Lipinski definition) is 5. The minimum absolute atomic E-state index is 0.0557. The molecule has 8 nitrogen and oxygen atoms in total. The maximum absolute atomic E-state index is 13.3. The average molecular weight is 410 g/mol. The van der Waals surface area contributed by atoms with E-state index in [1.54, 1.807) is 31.2 Å². The monoisotopic (exact) mass is 409 g/mol. The van der Waals surface area contributed by atoms with E-state index in [0.29, 0.717) is 11.4 Å². The topological polar surface area (TPSA) is 96.0 Å². The summed E-state index contributed by atoms with van der Waals surface area (Å²) in [6.07, 6.45) is 4.94. The molecular formula is C19H27N3O5S. The maximum Gasteiger partial charge on any atom is 0.247 e. The van der Waals surface area contributed by atoms with Gasteiger partial charge in [0.05, 0.1) is 19.9 Å². The highest BCUT2D eigenvalue weighted by atomic mass is 32.2. The third-order valence-corrected chi connectivity index (χ3v) is 6.70. The second-order valence-electron chi connectivity index (χ2n) is 7.69. The van der Waals surface area contributed by atoms with Crippen LogP contribution >= 0.6 is 0 Å². The summed E-state index contributed by atoms with van der Waals surface area (Å²) < 4.78 is 30.6. The summed E-state index contributed by atoms with van der Waals surface area (Å²) in [5, 5.41) is 3.02. The van der Waals surface area contributed by atoms with Gasteiger partial charge in [-0.3, -0.25) is 14.5 Å². The summed E-state index contributed by atoms with van der Waals surface area (Å²) in [5.41, 5.74) is -0.866. The summed E-state index contributed by atoms with van der Waals surface area (Å²) >= 11 is 0. The number of rotatable bonds is 5. The Kier molecular flexibility index (Phi) is 5.67. The number of anilines is 1. The number of carbonyl (C=O) groups excluding carboxylic acids is 2. The van der Waals surface area contributed by atoms with Crippen LogP contribution in [0.5, 0.6) is 5.75 Å². The molecule has 0 aromatic heterocycles. The van der Waals surface area contributed by atoms with Gasteiger partial charge in [-0.1, -0.05) is 18.9 Å². The van der Waals surface area contributed by atoms with Crippen LogP contribution in [-0.4, -0.2) is 62.6 Å². The lowest BCUT2D eigenvalue weighted by molar-refractivity contribution is -0.133. The second kappa shape index (κ2) is 7.71. The highest BCUT2D eigenvalue weighted by Gasteiger charge is 2.50. The van der Waals surface area contributed by atoms with Crippen molar-refractivity contribution < 1.29 is 22.7 Å². The van der Waals surface area contributed by atoms with Gasteiger partial charge in [-0.15, -0.1) is 0 Å². The fraction of sp³-hybridized carbons (Fsp3) is 0.579. The first-order valence-electron chi connectivity index (χ1n) is 9.38. The van der Waals surface area contributed by atoms with Crippen molar-refractivity contribution in [2.75, 3.05) is 31.4 Å². The Hall–Kier alpha value is -2.13. The van der Waals surface area contributed by atoms with Gasteiger partial charge in [-0.25, -0.2) is 8.42 Å². The molecule has 0 bridgehead atoms. The van der Waals surface area contributed by atoms with Crippen LogP contribution in [0.25, 0.3) is 0 Å². The Morgan fingerprint density at radius 3 is 2.57 bits per heavy atom. The highest BCUT2D eigenvalue weighted by Crippen LogP contribution is 2.33. The van der Waals surface area contributed by atoms with Crippen molar-refractivity contribution in [2.24, 2.45) is 0 Å². The molecule has 1 saturated heterocycles. The van der Waals surface area contributed by atoms with Crippen LogP contribution in [0.15, 0.2) is 24.3 Å². The van der Waals surface area contributed by atoms with Crippen molar-refractivity contribution >= 4 is 27.5 Å². The van der Waals surface area contributed by atoms with Crippen molar-refractivity contribution in [3.63, 3.8) is 0 Å². The van der Waals surface area contributed by atoms with Gasteiger partial charge in [0.15, 0.2) is 0 Å². The standard InChI is InChI=1S/C19H27N3O5S/c1-19(18(24)20-14-7-4-5-8-14)13-21(28(3,25)26)12-17(23)22(19)15-9-6-10-16(11-15)27-2/h6,9-11,14H,4-5,7-8,12-13H2,1-3H3,(H,20,24). The Labute approximate surface area is 165 Å². The average Bonchev–Trinajstić information content (AvgIpc) is 3.13. The first-order valence-corrected chi connectivity index (χ1v) is 11.2. The number of amides is 2. The normalized spacial score (nSPS) is 24.4. The largest absolute Gasteiger partial charge is 0.497 e. The fourth-order valence-electron chi connectivity index (χ4n) is 3.96. The number of nitrogens with zero attached hydrogens (tertiary/aromatic N) is 2. The van der Waals surface area contributed by atoms with Gasteiger partial charge in [0.1, 0.15) is 11.3 Å². The molecule has 1 saturated carbocycles. The summed E-state index contributed by atoms with van der Waals surface area (Å²) in [4.78, 5) is 27.7. The molecule has 1 aliphatic carbocycles. The van der Waals surface area contributed by atoms with E-state index in [2.05, 4.69) is 5.32 Å². The van der Waals surface area contributed by atoms with Crippen molar-refractivity contribution in [1.82, 2.24) is 9.62 Å². The zero-order valence-corrected chi connectivity index (χ0v) is 17.3. The minimum atomic E-state index is -3.63. The van der Waals surface area contributed by atoms with Crippen LogP contribution in [-0.2, 0) is 19.6 Å². The number of carbonyl (C=O) groups is 2. The lowest BCUT2D eigenvalue weighted by atomic mass is 9.94. The van der Waals surface area contributed by atoms with Crippen LogP contribution in [0.4, 0.5) is 5.69 Å². The summed E-state index contributed by atoms with van der Waals surface area (Å²) in [7, 11) is -2.11. The van der Waals surface area contributed by atoms with Crippen LogP contribution in [0.3, 0.4) is 0 Å². The van der Waals surface area contributed by atoms with Crippen molar-refractivity contribution in [1.29, 1.82) is 0 Å². The molecule has 2 fully saturated rings. The van der Waals surface area contributed by atoms with E-state index in [9.17, 15) is 18.0 Å². The van der Waals surface area contributed by atoms with E-state index >= 15 is 0 Å². The van der Waals surface area contributed by atoms with Gasteiger partial charge >= 0.3 is 0 Å². The molecule has 1 unspecified atom stereocenters. The molecule has 3 rings (SSSR count). The molecule has 1 heterocycles. The van der Waals surface area contributed by atoms with E-state index in [-0.39, 0.29) is 25.0 Å². The van der Waals surface area contributed by atoms with E-state index in [4.69, 9.17) is 4.74 Å². The number of piperazine rings is 1. The molecule has 1 aromatic rings. The number of benzene rings is 1. The summed E-state index contributed by atoms with van der Waals surface area (Å²) in [5.74, 6) is -0.243. The molecule has 28 heavy (non-hydrogen) atoms. The van der Waals surface area contributed by atoms with Crippen LogP contribution < -0.4 is 15.0 Å². The van der Waals surface area contributed by atoms with Gasteiger partial charge in [-0.2, -0.15) is 4.31 Å². The third-order valence-electron chi connectivity index (χ3n) is 5.50. The summed E-state index contributed by atoms with van der Waals surface area (Å²) in [6, 6.07) is 6.93. The molecule has 1 atom stereocenters. The van der Waals surface area contributed by atoms with Crippen molar-refractivity contribution in [3.8, 4) is 5.75 Å². The van der Waals surface area contributed by atoms with E-state index < -0.39 is 21.5 Å². The maximum atomic E-state index is 13.3. The third kappa shape index (κ3) is 4.00. The zero-order valence-electron chi connectivity index (χ0n) is 16.5. The van der Waals surface area contributed by atoms with Gasteiger partial charge in [0.25, 0.3) is 0 Å². The second-order valence-corrected chi connectivity index (χ2v) is 9.67. The molecule has 1 aliphatic heterocycles. The predicted octanol–water partition coefficient (Wildman–Crippen LogP) is 1.12. The Bertz CT molecular complexity index is 866. The zero-order chi connectivity index (χ0) is 20.5. The molecule has 154 valence electrons. The molecule has 2 amide bonds. The molecule has 1 N–H and O–H groups in total. The van der Waals surface area contributed by atoms with Crippen LogP contribution in [0.2, 0.25) is 0 Å². The fourth-order valence-corrected chi connectivity index (χ4v) is 4.80. The highest BCUT2D eigenvalue weighted by molar-refractivity contribution is 7.88. The van der Waals surface area contributed by atoms with Gasteiger partial charge in [0.2, 0.25) is 21.8 Å².